The van der Waals surface area contributed by atoms with Gasteiger partial charge in [0.1, 0.15) is 0 Å². The molecular weight excluding hydrogens is 300 g/mol. The molecule has 0 unspecified atom stereocenters. The van der Waals surface area contributed by atoms with Crippen molar-refractivity contribution in [2.75, 3.05) is 6.54 Å². The standard InChI is InChI=1S/C8H7NO3.C8H9NO2/c10-8(6-9(11)12)7-4-2-1-3-5-7;1-2-7-5-3-4-6-8(7)9(10)11/h1-5H,6H2;3-6H,2H2,1H3. The molecule has 0 atom stereocenters. The zero-order valence-corrected chi connectivity index (χ0v) is 12.5. The second-order valence-electron chi connectivity index (χ2n) is 4.52. The fourth-order valence-corrected chi connectivity index (χ4v) is 1.82. The Bertz CT molecular complexity index is 686. The third-order valence-corrected chi connectivity index (χ3v) is 2.94. The van der Waals surface area contributed by atoms with Crippen LogP contribution >= 0.6 is 0 Å². The molecule has 2 rings (SSSR count). The molecule has 0 aliphatic heterocycles. The van der Waals surface area contributed by atoms with Gasteiger partial charge in [0.15, 0.2) is 0 Å². The molecule has 7 heteroatoms. The van der Waals surface area contributed by atoms with Crippen LogP contribution in [0, 0.1) is 20.2 Å². The highest BCUT2D eigenvalue weighted by Gasteiger charge is 2.11. The second-order valence-corrected chi connectivity index (χ2v) is 4.52. The van der Waals surface area contributed by atoms with Crippen molar-refractivity contribution in [1.82, 2.24) is 0 Å². The maximum Gasteiger partial charge on any atom is 0.272 e. The lowest BCUT2D eigenvalue weighted by atomic mass is 10.1. The van der Waals surface area contributed by atoms with Crippen molar-refractivity contribution in [2.24, 2.45) is 0 Å². The molecule has 120 valence electrons. The lowest BCUT2D eigenvalue weighted by Gasteiger charge is -1.96. The van der Waals surface area contributed by atoms with Crippen LogP contribution in [0.1, 0.15) is 22.8 Å². The SMILES string of the molecule is CCc1ccccc1[N+](=O)[O-].O=C(C[N+](=O)[O-])c1ccccc1. The Morgan fingerprint density at radius 2 is 1.52 bits per heavy atom. The largest absolute Gasteiger partial charge is 0.287 e. The Balaban J connectivity index is 0.000000231. The minimum Gasteiger partial charge on any atom is -0.287 e. The first-order chi connectivity index (χ1) is 11.0. The predicted molar refractivity (Wildman–Crippen MR) is 85.1 cm³/mol. The van der Waals surface area contributed by atoms with Crippen molar-refractivity contribution in [1.29, 1.82) is 0 Å². The summed E-state index contributed by atoms with van der Waals surface area (Å²) < 4.78 is 0. The fraction of sp³-hybridized carbons (Fsp3) is 0.188. The molecular formula is C16H16N2O5. The van der Waals surface area contributed by atoms with Crippen LogP contribution in [0.5, 0.6) is 0 Å². The average molecular weight is 316 g/mol. The number of carbonyl (C=O) groups excluding carboxylic acids is 1. The molecule has 2 aromatic rings. The number of benzene rings is 2. The molecule has 0 heterocycles. The van der Waals surface area contributed by atoms with Gasteiger partial charge < -0.3 is 0 Å². The summed E-state index contributed by atoms with van der Waals surface area (Å²) in [6, 6.07) is 15.0. The summed E-state index contributed by atoms with van der Waals surface area (Å²) >= 11 is 0. The molecule has 0 saturated heterocycles. The van der Waals surface area contributed by atoms with Crippen molar-refractivity contribution in [3.8, 4) is 0 Å². The van der Waals surface area contributed by atoms with E-state index in [1.807, 2.05) is 13.0 Å². The van der Waals surface area contributed by atoms with Gasteiger partial charge in [0, 0.05) is 22.1 Å². The number of para-hydroxylation sites is 1. The van der Waals surface area contributed by atoms with Gasteiger partial charge in [0.05, 0.1) is 4.92 Å². The molecule has 0 aromatic heterocycles. The highest BCUT2D eigenvalue weighted by molar-refractivity contribution is 5.96. The van der Waals surface area contributed by atoms with Crippen molar-refractivity contribution >= 4 is 11.5 Å². The normalized spacial score (nSPS) is 9.43. The maximum absolute atomic E-state index is 11.0. The minimum absolute atomic E-state index is 0.218. The van der Waals surface area contributed by atoms with Gasteiger partial charge in [0.2, 0.25) is 5.78 Å². The van der Waals surface area contributed by atoms with Gasteiger partial charge in [-0.15, -0.1) is 0 Å². The number of hydrogen-bond acceptors (Lipinski definition) is 5. The molecule has 0 aliphatic carbocycles. The van der Waals surface area contributed by atoms with E-state index in [4.69, 9.17) is 0 Å². The van der Waals surface area contributed by atoms with Gasteiger partial charge in [-0.05, 0) is 6.42 Å². The Hall–Kier alpha value is -3.09. The molecule has 0 radical (unpaired) electrons. The highest BCUT2D eigenvalue weighted by Crippen LogP contribution is 2.17. The number of rotatable bonds is 5. The van der Waals surface area contributed by atoms with E-state index >= 15 is 0 Å². The second kappa shape index (κ2) is 9.04. The molecule has 0 saturated carbocycles. The Morgan fingerprint density at radius 1 is 0.957 bits per heavy atom. The molecule has 0 aliphatic rings. The van der Waals surface area contributed by atoms with E-state index in [-0.39, 0.29) is 10.6 Å². The summed E-state index contributed by atoms with van der Waals surface area (Å²) in [5.41, 5.74) is 1.39. The van der Waals surface area contributed by atoms with Crippen molar-refractivity contribution in [2.45, 2.75) is 13.3 Å². The third-order valence-electron chi connectivity index (χ3n) is 2.94. The average Bonchev–Trinajstić information content (AvgIpc) is 2.55. The lowest BCUT2D eigenvalue weighted by Crippen LogP contribution is -2.13. The van der Waals surface area contributed by atoms with Crippen LogP contribution < -0.4 is 0 Å². The number of nitrogens with zero attached hydrogens (tertiary/aromatic N) is 2. The number of nitro benzene ring substituents is 1. The molecule has 23 heavy (non-hydrogen) atoms. The van der Waals surface area contributed by atoms with E-state index < -0.39 is 17.3 Å². The molecule has 0 fully saturated rings. The first-order valence-electron chi connectivity index (χ1n) is 6.88. The van der Waals surface area contributed by atoms with Gasteiger partial charge >= 0.3 is 0 Å². The molecule has 7 nitrogen and oxygen atoms in total. The predicted octanol–water partition coefficient (Wildman–Crippen LogP) is 3.30. The summed E-state index contributed by atoms with van der Waals surface area (Å²) in [6.07, 6.45) is 0.706. The van der Waals surface area contributed by atoms with Crippen LogP contribution in [-0.4, -0.2) is 22.2 Å². The summed E-state index contributed by atoms with van der Waals surface area (Å²) in [4.78, 5) is 30.4. The van der Waals surface area contributed by atoms with E-state index in [9.17, 15) is 25.0 Å². The zero-order valence-electron chi connectivity index (χ0n) is 12.5. The van der Waals surface area contributed by atoms with E-state index in [1.54, 1.807) is 42.5 Å². The van der Waals surface area contributed by atoms with Crippen molar-refractivity contribution in [3.05, 3.63) is 86.0 Å². The van der Waals surface area contributed by atoms with E-state index in [0.717, 1.165) is 5.56 Å². The van der Waals surface area contributed by atoms with E-state index in [1.165, 1.54) is 6.07 Å². The summed E-state index contributed by atoms with van der Waals surface area (Å²) in [7, 11) is 0. The van der Waals surface area contributed by atoms with Gasteiger partial charge in [-0.1, -0.05) is 55.5 Å². The molecule has 2 aromatic carbocycles. The van der Waals surface area contributed by atoms with Gasteiger partial charge in [0.25, 0.3) is 12.2 Å². The summed E-state index contributed by atoms with van der Waals surface area (Å²) in [6.45, 7) is 1.27. The Kier molecular flexibility index (Phi) is 7.06. The topological polar surface area (TPSA) is 103 Å². The van der Waals surface area contributed by atoms with E-state index in [0.29, 0.717) is 12.0 Å². The molecule has 0 bridgehead atoms. The first-order valence-corrected chi connectivity index (χ1v) is 6.88. The van der Waals surface area contributed by atoms with Crippen molar-refractivity contribution in [3.63, 3.8) is 0 Å². The van der Waals surface area contributed by atoms with Gasteiger partial charge in [-0.2, -0.15) is 0 Å². The number of hydrogen-bond donors (Lipinski definition) is 0. The fourth-order valence-electron chi connectivity index (χ4n) is 1.82. The Morgan fingerprint density at radius 3 is 2.00 bits per heavy atom. The van der Waals surface area contributed by atoms with Gasteiger partial charge in [-0.25, -0.2) is 0 Å². The monoisotopic (exact) mass is 316 g/mol. The number of Topliss-reactive ketones (excluding diaryl/α,β-unsaturated/α-hetero) is 1. The third kappa shape index (κ3) is 6.04. The van der Waals surface area contributed by atoms with Gasteiger partial charge in [-0.3, -0.25) is 25.0 Å². The van der Waals surface area contributed by atoms with Crippen molar-refractivity contribution < 1.29 is 14.6 Å². The number of carbonyl (C=O) groups is 1. The van der Waals surface area contributed by atoms with Crippen LogP contribution in [0.15, 0.2) is 54.6 Å². The van der Waals surface area contributed by atoms with Crippen LogP contribution in [-0.2, 0) is 6.42 Å². The number of ketones is 1. The molecule has 0 spiro atoms. The lowest BCUT2D eigenvalue weighted by molar-refractivity contribution is -0.465. The van der Waals surface area contributed by atoms with E-state index in [2.05, 4.69) is 0 Å². The zero-order chi connectivity index (χ0) is 17.2. The molecule has 0 N–H and O–H groups in total. The molecule has 0 amide bonds. The van der Waals surface area contributed by atoms with Crippen LogP contribution in [0.2, 0.25) is 0 Å². The van der Waals surface area contributed by atoms with Crippen LogP contribution in [0.25, 0.3) is 0 Å². The summed E-state index contributed by atoms with van der Waals surface area (Å²) in [5, 5.41) is 20.4. The number of aryl methyl sites for hydroxylation is 1. The quantitative estimate of drug-likeness (QED) is 0.478. The summed E-state index contributed by atoms with van der Waals surface area (Å²) in [5.74, 6) is -0.458. The highest BCUT2D eigenvalue weighted by atomic mass is 16.6. The maximum atomic E-state index is 11.0. The Labute approximate surface area is 132 Å². The minimum atomic E-state index is -0.635. The number of nitro groups is 2. The smallest absolute Gasteiger partial charge is 0.272 e. The van der Waals surface area contributed by atoms with Crippen LogP contribution in [0.3, 0.4) is 0 Å². The first kappa shape index (κ1) is 18.0. The van der Waals surface area contributed by atoms with Crippen LogP contribution in [0.4, 0.5) is 5.69 Å².